The van der Waals surface area contributed by atoms with E-state index in [1.54, 1.807) is 0 Å². The number of rotatable bonds is 5. The van der Waals surface area contributed by atoms with E-state index in [4.69, 9.17) is 39.5 Å². The first-order valence-corrected chi connectivity index (χ1v) is 12.2. The van der Waals surface area contributed by atoms with Gasteiger partial charge >= 0.3 is 12.1 Å². The summed E-state index contributed by atoms with van der Waals surface area (Å²) >= 11 is 18.2. The summed E-state index contributed by atoms with van der Waals surface area (Å²) < 4.78 is 43.6. The van der Waals surface area contributed by atoms with Crippen LogP contribution in [0, 0.1) is 11.8 Å². The number of anilines is 2. The van der Waals surface area contributed by atoms with E-state index >= 15 is 0 Å². The highest BCUT2D eigenvalue weighted by Crippen LogP contribution is 2.43. The fourth-order valence-corrected chi connectivity index (χ4v) is 5.05. The number of benzene rings is 2. The Bertz CT molecular complexity index is 1230. The van der Waals surface area contributed by atoms with Crippen molar-refractivity contribution < 1.29 is 37.1 Å². The Morgan fingerprint density at radius 2 is 1.54 bits per heavy atom. The topological polar surface area (TPSA) is 92.8 Å². The highest BCUT2D eigenvalue weighted by atomic mass is 35.5. The van der Waals surface area contributed by atoms with E-state index in [-0.39, 0.29) is 33.8 Å². The summed E-state index contributed by atoms with van der Waals surface area (Å²) in [7, 11) is 0. The number of carbonyl (C=O) groups excluding carboxylic acids is 4. The maximum absolute atomic E-state index is 12.9. The molecule has 2 aromatic carbocycles. The minimum atomic E-state index is -4.63. The van der Waals surface area contributed by atoms with Gasteiger partial charge in [0, 0.05) is 0 Å². The molecular weight excluding hydrogens is 560 g/mol. The van der Waals surface area contributed by atoms with Crippen molar-refractivity contribution in [3.05, 3.63) is 58.6 Å². The molecule has 0 bridgehead atoms. The Hall–Kier alpha value is -2.82. The summed E-state index contributed by atoms with van der Waals surface area (Å²) in [4.78, 5) is 51.2. The van der Waals surface area contributed by atoms with E-state index in [0.717, 1.165) is 17.0 Å². The van der Waals surface area contributed by atoms with Crippen molar-refractivity contribution in [2.75, 3.05) is 16.8 Å². The number of nitrogens with zero attached hydrogens (tertiary/aromatic N) is 1. The average molecular weight is 578 g/mol. The third-order valence-corrected chi connectivity index (χ3v) is 7.60. The lowest BCUT2D eigenvalue weighted by Gasteiger charge is -2.28. The number of imide groups is 1. The second kappa shape index (κ2) is 10.5. The van der Waals surface area contributed by atoms with Gasteiger partial charge in [-0.2, -0.15) is 13.2 Å². The highest BCUT2D eigenvalue weighted by molar-refractivity contribution is 6.33. The first-order valence-electron chi connectivity index (χ1n) is 11.0. The number of nitrogens with one attached hydrogen (secondary N) is 1. The minimum absolute atomic E-state index is 0.0202. The number of esters is 1. The molecule has 37 heavy (non-hydrogen) atoms. The van der Waals surface area contributed by atoms with Crippen molar-refractivity contribution in [1.82, 2.24) is 0 Å². The molecule has 0 aromatic heterocycles. The predicted octanol–water partition coefficient (Wildman–Crippen LogP) is 5.27. The van der Waals surface area contributed by atoms with Crippen molar-refractivity contribution >= 4 is 69.9 Å². The molecule has 0 radical (unpaired) electrons. The van der Waals surface area contributed by atoms with Crippen LogP contribution in [-0.2, 0) is 25.3 Å². The van der Waals surface area contributed by atoms with Crippen LogP contribution in [0.2, 0.25) is 5.02 Å². The summed E-state index contributed by atoms with van der Waals surface area (Å²) in [5.74, 6) is -3.69. The van der Waals surface area contributed by atoms with Gasteiger partial charge in [-0.15, -0.1) is 23.2 Å². The van der Waals surface area contributed by atoms with Gasteiger partial charge in [0.15, 0.2) is 6.61 Å². The fraction of sp³-hybridized carbons (Fsp3) is 0.333. The number of hydrogen-bond acceptors (Lipinski definition) is 5. The van der Waals surface area contributed by atoms with Crippen LogP contribution in [0.3, 0.4) is 0 Å². The van der Waals surface area contributed by atoms with Gasteiger partial charge in [-0.05, 0) is 55.3 Å². The van der Waals surface area contributed by atoms with Crippen LogP contribution < -0.4 is 10.2 Å². The number of hydrogen-bond donors (Lipinski definition) is 1. The van der Waals surface area contributed by atoms with Gasteiger partial charge in [0.1, 0.15) is 0 Å². The lowest BCUT2D eigenvalue weighted by Crippen LogP contribution is -2.34. The maximum atomic E-state index is 12.9. The molecule has 2 aliphatic rings. The molecule has 2 fully saturated rings. The quantitative estimate of drug-likeness (QED) is 0.297. The van der Waals surface area contributed by atoms with Gasteiger partial charge < -0.3 is 10.1 Å². The van der Waals surface area contributed by atoms with Gasteiger partial charge in [-0.25, -0.2) is 4.79 Å². The van der Waals surface area contributed by atoms with Crippen molar-refractivity contribution in [3.63, 3.8) is 0 Å². The number of alkyl halides is 5. The number of halogens is 6. The standard InChI is InChI=1S/C24H18Cl3F3N2O5/c25-16-6-3-12(24(28,29)30)7-19(16)31-20(33)10-37-23(36)11-1-4-13(5-2-11)32-21(34)14-8-17(26)18(27)9-15(14)22(32)35/h1-7,14-15,17-18H,8-10H2,(H,31,33)/t14-,15+,17-,18-/m0/s1. The molecule has 1 aliphatic carbocycles. The molecule has 1 saturated heterocycles. The maximum Gasteiger partial charge on any atom is 0.416 e. The van der Waals surface area contributed by atoms with E-state index in [0.29, 0.717) is 18.9 Å². The molecule has 13 heteroatoms. The van der Waals surface area contributed by atoms with E-state index in [1.165, 1.54) is 24.3 Å². The number of amides is 3. The molecule has 1 aliphatic heterocycles. The Morgan fingerprint density at radius 1 is 0.973 bits per heavy atom. The van der Waals surface area contributed by atoms with Crippen LogP contribution in [0.25, 0.3) is 0 Å². The average Bonchev–Trinajstić information content (AvgIpc) is 3.07. The van der Waals surface area contributed by atoms with Crippen LogP contribution in [-0.4, -0.2) is 41.1 Å². The van der Waals surface area contributed by atoms with Crippen LogP contribution in [0.15, 0.2) is 42.5 Å². The molecule has 1 heterocycles. The fourth-order valence-electron chi connectivity index (χ4n) is 4.29. The zero-order chi connectivity index (χ0) is 27.1. The summed E-state index contributed by atoms with van der Waals surface area (Å²) in [5, 5.41) is 1.20. The Labute approximate surface area is 223 Å². The molecule has 3 amide bonds. The predicted molar refractivity (Wildman–Crippen MR) is 130 cm³/mol. The molecule has 196 valence electrons. The van der Waals surface area contributed by atoms with Crippen LogP contribution in [0.4, 0.5) is 24.5 Å². The summed E-state index contributed by atoms with van der Waals surface area (Å²) in [6.45, 7) is -0.793. The van der Waals surface area contributed by atoms with Gasteiger partial charge in [0.2, 0.25) is 11.8 Å². The number of ether oxygens (including phenoxy) is 1. The normalized spacial score (nSPS) is 23.6. The number of carbonyl (C=O) groups is 4. The van der Waals surface area contributed by atoms with Gasteiger partial charge in [0.25, 0.3) is 5.91 Å². The van der Waals surface area contributed by atoms with Crippen molar-refractivity contribution in [1.29, 1.82) is 0 Å². The third-order valence-electron chi connectivity index (χ3n) is 6.17. The van der Waals surface area contributed by atoms with Crippen molar-refractivity contribution in [2.24, 2.45) is 11.8 Å². The number of fused-ring (bicyclic) bond motifs is 1. The lowest BCUT2D eigenvalue weighted by atomic mass is 9.80. The van der Waals surface area contributed by atoms with Crippen molar-refractivity contribution in [2.45, 2.75) is 29.8 Å². The van der Waals surface area contributed by atoms with Crippen LogP contribution in [0.5, 0.6) is 0 Å². The molecule has 4 rings (SSSR count). The zero-order valence-electron chi connectivity index (χ0n) is 18.7. The Balaban J connectivity index is 1.37. The molecule has 4 atom stereocenters. The van der Waals surface area contributed by atoms with Gasteiger partial charge in [0.05, 0.1) is 50.1 Å². The molecule has 0 unspecified atom stereocenters. The van der Waals surface area contributed by atoms with Gasteiger partial charge in [-0.3, -0.25) is 19.3 Å². The molecule has 0 spiro atoms. The summed E-state index contributed by atoms with van der Waals surface area (Å²) in [6.07, 6.45) is -4.05. The van der Waals surface area contributed by atoms with Crippen LogP contribution >= 0.6 is 34.8 Å². The van der Waals surface area contributed by atoms with Crippen LogP contribution in [0.1, 0.15) is 28.8 Å². The second-order valence-corrected chi connectivity index (χ2v) is 10.1. The zero-order valence-corrected chi connectivity index (χ0v) is 21.0. The molecule has 2 aromatic rings. The molecular formula is C24H18Cl3F3N2O5. The first-order chi connectivity index (χ1) is 17.4. The van der Waals surface area contributed by atoms with E-state index in [1.807, 2.05) is 0 Å². The lowest BCUT2D eigenvalue weighted by molar-refractivity contribution is -0.137. The van der Waals surface area contributed by atoms with Crippen molar-refractivity contribution in [3.8, 4) is 0 Å². The summed E-state index contributed by atoms with van der Waals surface area (Å²) in [6, 6.07) is 7.83. The van der Waals surface area contributed by atoms with E-state index < -0.39 is 52.8 Å². The first kappa shape index (κ1) is 27.2. The Kier molecular flexibility index (Phi) is 7.73. The molecule has 1 N–H and O–H groups in total. The highest BCUT2D eigenvalue weighted by Gasteiger charge is 2.52. The van der Waals surface area contributed by atoms with E-state index in [2.05, 4.69) is 5.32 Å². The summed E-state index contributed by atoms with van der Waals surface area (Å²) in [5.41, 5.74) is -1.02. The molecule has 1 saturated carbocycles. The van der Waals surface area contributed by atoms with E-state index in [9.17, 15) is 32.3 Å². The SMILES string of the molecule is O=C(COC(=O)c1ccc(N2C(=O)[C@H]3C[C@H](Cl)[C@@H](Cl)C[C@H]3C2=O)cc1)Nc1cc(C(F)(F)F)ccc1Cl. The monoisotopic (exact) mass is 576 g/mol. The minimum Gasteiger partial charge on any atom is -0.452 e. The molecule has 7 nitrogen and oxygen atoms in total. The Morgan fingerprint density at radius 3 is 2.08 bits per heavy atom. The largest absolute Gasteiger partial charge is 0.452 e. The second-order valence-electron chi connectivity index (χ2n) is 8.59. The smallest absolute Gasteiger partial charge is 0.416 e. The third kappa shape index (κ3) is 5.71. The van der Waals surface area contributed by atoms with Gasteiger partial charge in [-0.1, -0.05) is 11.6 Å².